The van der Waals surface area contributed by atoms with Crippen molar-refractivity contribution < 1.29 is 18.3 Å². The van der Waals surface area contributed by atoms with Crippen molar-refractivity contribution in [1.82, 2.24) is 9.29 Å². The minimum atomic E-state index is -3.50. The average Bonchev–Trinajstić information content (AvgIpc) is 2.86. The molecule has 1 aliphatic rings. The number of hydrogen-bond donors (Lipinski definition) is 1. The van der Waals surface area contributed by atoms with E-state index in [1.807, 2.05) is 0 Å². The van der Waals surface area contributed by atoms with Crippen molar-refractivity contribution in [2.24, 2.45) is 0 Å². The van der Waals surface area contributed by atoms with Gasteiger partial charge in [-0.15, -0.1) is 11.3 Å². The lowest BCUT2D eigenvalue weighted by molar-refractivity contribution is -0.137. The Morgan fingerprint density at radius 3 is 2.90 bits per heavy atom. The zero-order chi connectivity index (χ0) is 15.5. The molecule has 1 fully saturated rings. The summed E-state index contributed by atoms with van der Waals surface area (Å²) in [6.45, 7) is 2.29. The summed E-state index contributed by atoms with van der Waals surface area (Å²) >= 11 is 1.18. The number of piperidine rings is 1. The van der Waals surface area contributed by atoms with E-state index in [-0.39, 0.29) is 16.7 Å². The Hall–Kier alpha value is -0.990. The molecule has 1 N–H and O–H groups in total. The maximum Gasteiger partial charge on any atom is 0.303 e. The number of carbonyl (C=O) groups is 1. The van der Waals surface area contributed by atoms with Gasteiger partial charge >= 0.3 is 5.97 Å². The van der Waals surface area contributed by atoms with E-state index in [1.165, 1.54) is 17.5 Å². The molecule has 1 saturated heterocycles. The number of hydrogen-bond acceptors (Lipinski definition) is 5. The Balaban J connectivity index is 2.12. The van der Waals surface area contributed by atoms with E-state index in [4.69, 9.17) is 5.11 Å². The summed E-state index contributed by atoms with van der Waals surface area (Å²) in [5.41, 5.74) is 0. The molecule has 118 valence electrons. The Morgan fingerprint density at radius 2 is 2.29 bits per heavy atom. The fraction of sp³-hybridized carbons (Fsp3) is 0.692. The zero-order valence-corrected chi connectivity index (χ0v) is 13.6. The minimum absolute atomic E-state index is 0.0874. The number of nitrogens with zero attached hydrogens (tertiary/aromatic N) is 2. The van der Waals surface area contributed by atoms with Crippen molar-refractivity contribution in [3.05, 3.63) is 11.2 Å². The second-order valence-electron chi connectivity index (χ2n) is 5.25. The fourth-order valence-corrected chi connectivity index (χ4v) is 5.61. The highest BCUT2D eigenvalue weighted by atomic mass is 32.2. The van der Waals surface area contributed by atoms with E-state index in [1.54, 1.807) is 11.2 Å². The van der Waals surface area contributed by atoms with Crippen molar-refractivity contribution in [2.75, 3.05) is 6.54 Å². The van der Waals surface area contributed by atoms with Crippen molar-refractivity contribution in [2.45, 2.75) is 55.7 Å². The van der Waals surface area contributed by atoms with Crippen LogP contribution in [-0.2, 0) is 14.8 Å². The van der Waals surface area contributed by atoms with E-state index in [0.29, 0.717) is 19.4 Å². The maximum atomic E-state index is 12.7. The summed E-state index contributed by atoms with van der Waals surface area (Å²) in [6.07, 6.45) is 5.26. The van der Waals surface area contributed by atoms with Crippen LogP contribution in [0.5, 0.6) is 0 Å². The molecule has 0 bridgehead atoms. The van der Waals surface area contributed by atoms with Gasteiger partial charge in [-0.1, -0.05) is 6.42 Å². The number of rotatable bonds is 6. The second kappa shape index (κ2) is 6.85. The Labute approximate surface area is 128 Å². The summed E-state index contributed by atoms with van der Waals surface area (Å²) in [5, 5.41) is 9.44. The number of carboxylic acids is 1. The molecule has 0 saturated carbocycles. The van der Waals surface area contributed by atoms with E-state index >= 15 is 0 Å². The lowest BCUT2D eigenvalue weighted by Gasteiger charge is -2.34. The highest BCUT2D eigenvalue weighted by molar-refractivity contribution is 7.91. The summed E-state index contributed by atoms with van der Waals surface area (Å²) in [4.78, 5) is 14.6. The number of aromatic nitrogens is 1. The lowest BCUT2D eigenvalue weighted by atomic mass is 10.00. The fourth-order valence-electron chi connectivity index (χ4n) is 2.64. The van der Waals surface area contributed by atoms with Crippen molar-refractivity contribution in [3.63, 3.8) is 0 Å². The monoisotopic (exact) mass is 332 g/mol. The van der Waals surface area contributed by atoms with Crippen molar-refractivity contribution in [3.8, 4) is 0 Å². The molecule has 6 nitrogen and oxygen atoms in total. The van der Waals surface area contributed by atoms with Gasteiger partial charge in [0, 0.05) is 19.0 Å². The molecule has 0 aromatic carbocycles. The lowest BCUT2D eigenvalue weighted by Crippen LogP contribution is -2.43. The van der Waals surface area contributed by atoms with Crippen molar-refractivity contribution in [1.29, 1.82) is 0 Å². The van der Waals surface area contributed by atoms with Crippen LogP contribution in [0.15, 0.2) is 10.4 Å². The highest BCUT2D eigenvalue weighted by Crippen LogP contribution is 2.30. The van der Waals surface area contributed by atoms with E-state index in [2.05, 4.69) is 4.98 Å². The molecule has 1 aliphatic heterocycles. The molecular formula is C13H20N2O4S2. The van der Waals surface area contributed by atoms with Crippen LogP contribution >= 0.6 is 11.3 Å². The first-order valence-electron chi connectivity index (χ1n) is 7.07. The normalized spacial score (nSPS) is 20.5. The van der Waals surface area contributed by atoms with Crippen LogP contribution < -0.4 is 0 Å². The van der Waals surface area contributed by atoms with E-state index < -0.39 is 16.0 Å². The number of aryl methyl sites for hydroxylation is 1. The number of sulfonamides is 1. The molecule has 21 heavy (non-hydrogen) atoms. The summed E-state index contributed by atoms with van der Waals surface area (Å²) in [5.74, 6) is -0.835. The van der Waals surface area contributed by atoms with Gasteiger partial charge in [-0.25, -0.2) is 13.4 Å². The van der Waals surface area contributed by atoms with Gasteiger partial charge < -0.3 is 5.11 Å². The number of thiazole rings is 1. The summed E-state index contributed by atoms with van der Waals surface area (Å²) < 4.78 is 27.2. The van der Waals surface area contributed by atoms with Crippen LogP contribution in [0.1, 0.15) is 43.5 Å². The SMILES string of the molecule is Cc1ncc(S(=O)(=O)N2CCCCC2CCCC(=O)O)s1. The molecule has 1 aromatic heterocycles. The van der Waals surface area contributed by atoms with Crippen molar-refractivity contribution >= 4 is 27.3 Å². The zero-order valence-electron chi connectivity index (χ0n) is 12.0. The largest absolute Gasteiger partial charge is 0.481 e. The van der Waals surface area contributed by atoms with Gasteiger partial charge in [0.1, 0.15) is 0 Å². The summed E-state index contributed by atoms with van der Waals surface area (Å²) in [7, 11) is -3.50. The third-order valence-corrected chi connectivity index (χ3v) is 6.97. The molecule has 1 aromatic rings. The Morgan fingerprint density at radius 1 is 1.52 bits per heavy atom. The third kappa shape index (κ3) is 4.02. The molecule has 0 spiro atoms. The van der Waals surface area contributed by atoms with Gasteiger partial charge in [0.15, 0.2) is 4.21 Å². The van der Waals surface area contributed by atoms with Gasteiger partial charge in [0.05, 0.1) is 11.2 Å². The average molecular weight is 332 g/mol. The number of aliphatic carboxylic acids is 1. The molecule has 2 heterocycles. The molecule has 0 aliphatic carbocycles. The Kier molecular flexibility index (Phi) is 5.34. The predicted molar refractivity (Wildman–Crippen MR) is 79.9 cm³/mol. The number of carboxylic acid groups (broad SMARTS) is 1. The van der Waals surface area contributed by atoms with Gasteiger partial charge in [-0.05, 0) is 32.6 Å². The van der Waals surface area contributed by atoms with Crippen LogP contribution in [-0.4, -0.2) is 41.4 Å². The smallest absolute Gasteiger partial charge is 0.303 e. The van der Waals surface area contributed by atoms with Crippen LogP contribution in [0.25, 0.3) is 0 Å². The van der Waals surface area contributed by atoms with Crippen LogP contribution in [0.4, 0.5) is 0 Å². The maximum absolute atomic E-state index is 12.7. The molecule has 1 atom stereocenters. The molecule has 0 radical (unpaired) electrons. The Bertz CT molecular complexity index is 597. The van der Waals surface area contributed by atoms with Gasteiger partial charge in [-0.3, -0.25) is 4.79 Å². The minimum Gasteiger partial charge on any atom is -0.481 e. The molecule has 2 rings (SSSR count). The standard InChI is InChI=1S/C13H20N2O4S2/c1-10-14-9-13(20-10)21(18,19)15-8-3-2-5-11(15)6-4-7-12(16)17/h9,11H,2-8H2,1H3,(H,16,17). The quantitative estimate of drug-likeness (QED) is 0.863. The molecule has 8 heteroatoms. The highest BCUT2D eigenvalue weighted by Gasteiger charge is 2.34. The molecular weight excluding hydrogens is 312 g/mol. The van der Waals surface area contributed by atoms with Gasteiger partial charge in [0.2, 0.25) is 0 Å². The molecule has 1 unspecified atom stereocenters. The second-order valence-corrected chi connectivity index (χ2v) is 8.60. The van der Waals surface area contributed by atoms with Crippen LogP contribution in [0.3, 0.4) is 0 Å². The van der Waals surface area contributed by atoms with Crippen LogP contribution in [0.2, 0.25) is 0 Å². The van der Waals surface area contributed by atoms with Gasteiger partial charge in [-0.2, -0.15) is 4.31 Å². The summed E-state index contributed by atoms with van der Waals surface area (Å²) in [6, 6.07) is -0.0921. The van der Waals surface area contributed by atoms with E-state index in [0.717, 1.165) is 24.3 Å². The first-order valence-corrected chi connectivity index (χ1v) is 9.33. The third-order valence-electron chi connectivity index (χ3n) is 3.66. The topological polar surface area (TPSA) is 87.6 Å². The van der Waals surface area contributed by atoms with E-state index in [9.17, 15) is 13.2 Å². The molecule has 0 amide bonds. The first-order chi connectivity index (χ1) is 9.91. The predicted octanol–water partition coefficient (Wildman–Crippen LogP) is 2.25. The first kappa shape index (κ1) is 16.4. The van der Waals surface area contributed by atoms with Gasteiger partial charge in [0.25, 0.3) is 10.0 Å². The van der Waals surface area contributed by atoms with Crippen LogP contribution in [0, 0.1) is 6.92 Å².